The molecule has 1 aliphatic carbocycles. The van der Waals surface area contributed by atoms with E-state index in [2.05, 4.69) is 17.0 Å². The van der Waals surface area contributed by atoms with Crippen LogP contribution in [0.25, 0.3) is 10.9 Å². The number of nitrogens with zero attached hydrogens (tertiary/aromatic N) is 2. The molecule has 23 heavy (non-hydrogen) atoms. The number of benzene rings is 1. The smallest absolute Gasteiger partial charge is 0.272 e. The number of aryl methyl sites for hydroxylation is 2. The number of carbonyl (C=O) groups is 1. The molecule has 0 spiro atoms. The lowest BCUT2D eigenvalue weighted by Crippen LogP contribution is -2.46. The molecule has 1 aromatic heterocycles. The lowest BCUT2D eigenvalue weighted by atomic mass is 9.90. The molecule has 3 unspecified atom stereocenters. The van der Waals surface area contributed by atoms with Gasteiger partial charge in [-0.3, -0.25) is 9.48 Å². The van der Waals surface area contributed by atoms with Crippen molar-refractivity contribution < 1.29 is 4.79 Å². The van der Waals surface area contributed by atoms with Crippen LogP contribution < -0.4 is 5.32 Å². The fraction of sp³-hybridized carbons (Fsp3) is 0.412. The zero-order valence-electron chi connectivity index (χ0n) is 13.1. The molecule has 1 saturated carbocycles. The van der Waals surface area contributed by atoms with Crippen LogP contribution in [0.2, 0.25) is 0 Å². The number of aromatic nitrogens is 2. The third-order valence-corrected chi connectivity index (χ3v) is 5.28. The second-order valence-corrected chi connectivity index (χ2v) is 7.24. The summed E-state index contributed by atoms with van der Waals surface area (Å²) in [6.45, 7) is 5.92. The fourth-order valence-electron chi connectivity index (χ4n) is 2.99. The van der Waals surface area contributed by atoms with Crippen LogP contribution in [0.3, 0.4) is 0 Å². The molecule has 1 aliphatic rings. The Bertz CT molecular complexity index is 783. The number of allylic oxidation sites excluding steroid dienone is 1. The maximum absolute atomic E-state index is 12.7. The highest BCUT2D eigenvalue weighted by molar-refractivity contribution is 6.24. The van der Waals surface area contributed by atoms with Crippen LogP contribution >= 0.6 is 23.2 Å². The number of hydrogen-bond donors (Lipinski definition) is 1. The van der Waals surface area contributed by atoms with Crippen LogP contribution in [0.15, 0.2) is 30.4 Å². The van der Waals surface area contributed by atoms with E-state index in [0.717, 1.165) is 22.0 Å². The maximum atomic E-state index is 12.7. The number of amides is 1. The van der Waals surface area contributed by atoms with Gasteiger partial charge >= 0.3 is 0 Å². The predicted molar refractivity (Wildman–Crippen MR) is 94.4 cm³/mol. The first-order chi connectivity index (χ1) is 10.9. The highest BCUT2D eigenvalue weighted by Gasteiger charge is 2.32. The number of alkyl halides is 2. The largest absolute Gasteiger partial charge is 0.346 e. The van der Waals surface area contributed by atoms with Gasteiger partial charge in [-0.1, -0.05) is 23.8 Å². The molecule has 3 atom stereocenters. The summed E-state index contributed by atoms with van der Waals surface area (Å²) in [4.78, 5) is 12.7. The van der Waals surface area contributed by atoms with Crippen molar-refractivity contribution in [3.8, 4) is 0 Å². The second-order valence-electron chi connectivity index (χ2n) is 6.15. The minimum Gasteiger partial charge on any atom is -0.346 e. The van der Waals surface area contributed by atoms with Crippen molar-refractivity contribution in [2.24, 2.45) is 7.05 Å². The van der Waals surface area contributed by atoms with E-state index in [1.165, 1.54) is 0 Å². The van der Waals surface area contributed by atoms with Gasteiger partial charge in [0.15, 0.2) is 5.69 Å². The SMILES string of the molecule is C=C1CC(Cl)C(NC(=O)c2nn(C)c3ccc(C)cc23)CC1Cl. The van der Waals surface area contributed by atoms with Crippen LogP contribution in [0, 0.1) is 6.92 Å². The van der Waals surface area contributed by atoms with Gasteiger partial charge in [0.25, 0.3) is 5.91 Å². The normalized spacial score (nSPS) is 24.9. The molecule has 0 bridgehead atoms. The van der Waals surface area contributed by atoms with Crippen LogP contribution in [-0.2, 0) is 7.05 Å². The van der Waals surface area contributed by atoms with Gasteiger partial charge in [-0.15, -0.1) is 23.2 Å². The van der Waals surface area contributed by atoms with Crippen molar-refractivity contribution in [2.75, 3.05) is 0 Å². The fourth-order valence-corrected chi connectivity index (χ4v) is 3.64. The summed E-state index contributed by atoms with van der Waals surface area (Å²) in [6, 6.07) is 5.77. The monoisotopic (exact) mass is 351 g/mol. The van der Waals surface area contributed by atoms with Crippen molar-refractivity contribution in [3.63, 3.8) is 0 Å². The Balaban J connectivity index is 1.86. The van der Waals surface area contributed by atoms with Crippen LogP contribution in [0.1, 0.15) is 28.9 Å². The molecule has 1 amide bonds. The average Bonchev–Trinajstić information content (AvgIpc) is 2.81. The molecular formula is C17H19Cl2N3O. The quantitative estimate of drug-likeness (QED) is 0.664. The van der Waals surface area contributed by atoms with Gasteiger partial charge in [0.2, 0.25) is 0 Å². The van der Waals surface area contributed by atoms with Crippen LogP contribution in [0.5, 0.6) is 0 Å². The zero-order chi connectivity index (χ0) is 16.7. The van der Waals surface area contributed by atoms with E-state index in [1.54, 1.807) is 4.68 Å². The van der Waals surface area contributed by atoms with Gasteiger partial charge in [-0.05, 0) is 31.9 Å². The number of fused-ring (bicyclic) bond motifs is 1. The Morgan fingerprint density at radius 3 is 2.91 bits per heavy atom. The second kappa shape index (κ2) is 6.17. The van der Waals surface area contributed by atoms with E-state index in [9.17, 15) is 4.79 Å². The first kappa shape index (κ1) is 16.3. The number of nitrogens with one attached hydrogen (secondary N) is 1. The molecule has 0 radical (unpaired) electrons. The summed E-state index contributed by atoms with van der Waals surface area (Å²) in [5.41, 5.74) is 3.36. The minimum absolute atomic E-state index is 0.155. The molecular weight excluding hydrogens is 333 g/mol. The molecule has 6 heteroatoms. The summed E-state index contributed by atoms with van der Waals surface area (Å²) < 4.78 is 1.72. The summed E-state index contributed by atoms with van der Waals surface area (Å²) in [7, 11) is 1.83. The molecule has 1 N–H and O–H groups in total. The highest BCUT2D eigenvalue weighted by Crippen LogP contribution is 2.31. The van der Waals surface area contributed by atoms with Crippen molar-refractivity contribution in [1.82, 2.24) is 15.1 Å². The molecule has 122 valence electrons. The third-order valence-electron chi connectivity index (χ3n) is 4.34. The van der Waals surface area contributed by atoms with Crippen molar-refractivity contribution in [1.29, 1.82) is 0 Å². The first-order valence-electron chi connectivity index (χ1n) is 7.57. The molecule has 3 rings (SSSR count). The molecule has 0 saturated heterocycles. The van der Waals surface area contributed by atoms with Crippen LogP contribution in [0.4, 0.5) is 0 Å². The van der Waals surface area contributed by atoms with Crippen molar-refractivity contribution in [3.05, 3.63) is 41.6 Å². The van der Waals surface area contributed by atoms with E-state index < -0.39 is 0 Å². The van der Waals surface area contributed by atoms with Gasteiger partial charge in [-0.25, -0.2) is 0 Å². The van der Waals surface area contributed by atoms with Gasteiger partial charge < -0.3 is 5.32 Å². The van der Waals surface area contributed by atoms with E-state index in [0.29, 0.717) is 18.5 Å². The summed E-state index contributed by atoms with van der Waals surface area (Å²) in [5, 5.41) is 7.85. The lowest BCUT2D eigenvalue weighted by molar-refractivity contribution is 0.0927. The Labute approximate surface area is 145 Å². The molecule has 0 aliphatic heterocycles. The standard InChI is InChI=1S/C17H19Cl2N3O/c1-9-4-5-15-11(6-9)16(21-22(15)3)17(23)20-14-8-12(18)10(2)7-13(14)19/h4-6,12-14H,2,7-8H2,1,3H3,(H,20,23). The van der Waals surface area contributed by atoms with E-state index in [-0.39, 0.29) is 22.7 Å². The van der Waals surface area contributed by atoms with Gasteiger partial charge in [-0.2, -0.15) is 5.10 Å². The average molecular weight is 352 g/mol. The Morgan fingerprint density at radius 1 is 1.43 bits per heavy atom. The maximum Gasteiger partial charge on any atom is 0.272 e. The summed E-state index contributed by atoms with van der Waals surface area (Å²) >= 11 is 12.6. The van der Waals surface area contributed by atoms with Crippen molar-refractivity contribution >= 4 is 40.0 Å². The zero-order valence-corrected chi connectivity index (χ0v) is 14.7. The Hall–Kier alpha value is -1.52. The number of halogens is 2. The Morgan fingerprint density at radius 2 is 2.17 bits per heavy atom. The molecule has 1 heterocycles. The van der Waals surface area contributed by atoms with Crippen molar-refractivity contribution in [2.45, 2.75) is 36.6 Å². The van der Waals surface area contributed by atoms with E-state index in [1.807, 2.05) is 32.2 Å². The molecule has 1 aromatic carbocycles. The number of hydrogen-bond acceptors (Lipinski definition) is 2. The molecule has 1 fully saturated rings. The molecule has 2 aromatic rings. The number of rotatable bonds is 2. The minimum atomic E-state index is -0.215. The summed E-state index contributed by atoms with van der Waals surface area (Å²) in [5.74, 6) is -0.215. The van der Waals surface area contributed by atoms with Crippen LogP contribution in [-0.4, -0.2) is 32.5 Å². The molecule has 4 nitrogen and oxygen atoms in total. The highest BCUT2D eigenvalue weighted by atomic mass is 35.5. The van der Waals surface area contributed by atoms with Gasteiger partial charge in [0.1, 0.15) is 0 Å². The predicted octanol–water partition coefficient (Wildman–Crippen LogP) is 3.54. The third kappa shape index (κ3) is 3.10. The van der Waals surface area contributed by atoms with Gasteiger partial charge in [0, 0.05) is 18.5 Å². The van der Waals surface area contributed by atoms with E-state index in [4.69, 9.17) is 23.2 Å². The van der Waals surface area contributed by atoms with E-state index >= 15 is 0 Å². The first-order valence-corrected chi connectivity index (χ1v) is 8.44. The topological polar surface area (TPSA) is 46.9 Å². The van der Waals surface area contributed by atoms with Gasteiger partial charge in [0.05, 0.1) is 16.3 Å². The number of carbonyl (C=O) groups excluding carboxylic acids is 1. The lowest BCUT2D eigenvalue weighted by Gasteiger charge is -2.32. The summed E-state index contributed by atoms with van der Waals surface area (Å²) in [6.07, 6.45) is 1.20. The Kier molecular flexibility index (Phi) is 4.39.